The number of phenolic OH excluding ortho intramolecular Hbond substituents is 1. The van der Waals surface area contributed by atoms with Crippen molar-refractivity contribution in [3.63, 3.8) is 0 Å². The fourth-order valence-electron chi connectivity index (χ4n) is 3.02. The predicted octanol–water partition coefficient (Wildman–Crippen LogP) is 4.23. The first-order valence-corrected chi connectivity index (χ1v) is 7.69. The lowest BCUT2D eigenvalue weighted by Gasteiger charge is -2.34. The Kier molecular flexibility index (Phi) is 4.29. The summed E-state index contributed by atoms with van der Waals surface area (Å²) in [6.07, 6.45) is 4.76. The van der Waals surface area contributed by atoms with Gasteiger partial charge in [0.2, 0.25) is 0 Å². The van der Waals surface area contributed by atoms with Crippen LogP contribution in [0.1, 0.15) is 25.7 Å². The first-order valence-electron chi connectivity index (χ1n) is 7.69. The van der Waals surface area contributed by atoms with Crippen LogP contribution in [0.5, 0.6) is 5.75 Å². The number of benzene rings is 2. The Hall–Kier alpha value is -2.16. The number of aromatic hydroxyl groups is 1. The van der Waals surface area contributed by atoms with Gasteiger partial charge in [-0.25, -0.2) is 0 Å². The highest BCUT2D eigenvalue weighted by atomic mass is 16.3. The quantitative estimate of drug-likeness (QED) is 0.735. The molecule has 2 aromatic carbocycles. The van der Waals surface area contributed by atoms with Gasteiger partial charge in [0.05, 0.1) is 5.69 Å². The highest BCUT2D eigenvalue weighted by Crippen LogP contribution is 2.28. The van der Waals surface area contributed by atoms with Crippen LogP contribution in [0.2, 0.25) is 0 Å². The van der Waals surface area contributed by atoms with E-state index in [1.54, 1.807) is 6.07 Å². The minimum absolute atomic E-state index is 0.321. The lowest BCUT2D eigenvalue weighted by atomic mass is 9.89. The van der Waals surface area contributed by atoms with Gasteiger partial charge in [0.25, 0.3) is 0 Å². The SMILES string of the molecule is Oc1ccccc1N[C@@H]1CCCC[C@H]1Nc1ccccc1. The van der Waals surface area contributed by atoms with E-state index in [0.29, 0.717) is 17.8 Å². The largest absolute Gasteiger partial charge is 0.506 e. The third-order valence-electron chi connectivity index (χ3n) is 4.14. The van der Waals surface area contributed by atoms with E-state index in [9.17, 15) is 5.11 Å². The summed E-state index contributed by atoms with van der Waals surface area (Å²) in [6.45, 7) is 0. The summed E-state index contributed by atoms with van der Waals surface area (Å²) in [4.78, 5) is 0. The number of anilines is 2. The molecule has 3 heteroatoms. The van der Waals surface area contributed by atoms with Gasteiger partial charge in [-0.3, -0.25) is 0 Å². The molecule has 0 heterocycles. The maximum Gasteiger partial charge on any atom is 0.138 e. The Balaban J connectivity index is 1.71. The van der Waals surface area contributed by atoms with Crippen molar-refractivity contribution in [1.82, 2.24) is 0 Å². The average Bonchev–Trinajstić information content (AvgIpc) is 2.52. The van der Waals surface area contributed by atoms with Gasteiger partial charge >= 0.3 is 0 Å². The molecule has 2 aromatic rings. The second kappa shape index (κ2) is 6.53. The normalized spacial score (nSPS) is 21.7. The molecule has 0 aromatic heterocycles. The highest BCUT2D eigenvalue weighted by Gasteiger charge is 2.25. The molecular weight excluding hydrogens is 260 g/mol. The van der Waals surface area contributed by atoms with Gasteiger partial charge < -0.3 is 15.7 Å². The molecule has 0 radical (unpaired) electrons. The van der Waals surface area contributed by atoms with Crippen LogP contribution in [0.4, 0.5) is 11.4 Å². The molecular formula is C18H22N2O. The van der Waals surface area contributed by atoms with Crippen LogP contribution in [0.15, 0.2) is 54.6 Å². The van der Waals surface area contributed by atoms with E-state index in [4.69, 9.17) is 0 Å². The molecule has 1 fully saturated rings. The van der Waals surface area contributed by atoms with Gasteiger partial charge in [-0.15, -0.1) is 0 Å². The summed E-state index contributed by atoms with van der Waals surface area (Å²) in [7, 11) is 0. The summed E-state index contributed by atoms with van der Waals surface area (Å²) in [6, 6.07) is 18.5. The Labute approximate surface area is 126 Å². The molecule has 0 spiro atoms. The van der Waals surface area contributed by atoms with Crippen molar-refractivity contribution in [2.24, 2.45) is 0 Å². The van der Waals surface area contributed by atoms with Crippen LogP contribution in [-0.2, 0) is 0 Å². The van der Waals surface area contributed by atoms with Crippen molar-refractivity contribution in [3.8, 4) is 5.75 Å². The summed E-state index contributed by atoms with van der Waals surface area (Å²) < 4.78 is 0. The molecule has 1 aliphatic carbocycles. The second-order valence-electron chi connectivity index (χ2n) is 5.67. The molecule has 0 amide bonds. The first kappa shape index (κ1) is 13.8. The zero-order chi connectivity index (χ0) is 14.5. The number of hydrogen-bond acceptors (Lipinski definition) is 3. The van der Waals surface area contributed by atoms with Gasteiger partial charge in [0.15, 0.2) is 0 Å². The lowest BCUT2D eigenvalue weighted by Crippen LogP contribution is -2.41. The number of hydrogen-bond donors (Lipinski definition) is 3. The summed E-state index contributed by atoms with van der Waals surface area (Å²) in [5.41, 5.74) is 1.98. The van der Waals surface area contributed by atoms with E-state index >= 15 is 0 Å². The minimum atomic E-state index is 0.321. The van der Waals surface area contributed by atoms with E-state index in [1.807, 2.05) is 24.3 Å². The summed E-state index contributed by atoms with van der Waals surface area (Å²) in [5, 5.41) is 17.1. The first-order chi connectivity index (χ1) is 10.3. The number of phenols is 1. The van der Waals surface area contributed by atoms with Crippen LogP contribution >= 0.6 is 0 Å². The monoisotopic (exact) mass is 282 g/mol. The fraction of sp³-hybridized carbons (Fsp3) is 0.333. The molecule has 1 saturated carbocycles. The van der Waals surface area contributed by atoms with Crippen LogP contribution in [0, 0.1) is 0 Å². The molecule has 110 valence electrons. The van der Waals surface area contributed by atoms with Crippen molar-refractivity contribution in [2.45, 2.75) is 37.8 Å². The Bertz CT molecular complexity index is 570. The molecule has 3 rings (SSSR count). The Morgan fingerprint density at radius 1 is 0.762 bits per heavy atom. The molecule has 3 N–H and O–H groups in total. The Morgan fingerprint density at radius 2 is 1.38 bits per heavy atom. The number of rotatable bonds is 4. The minimum Gasteiger partial charge on any atom is -0.506 e. The number of para-hydroxylation sites is 3. The molecule has 0 aliphatic heterocycles. The smallest absolute Gasteiger partial charge is 0.138 e. The van der Waals surface area contributed by atoms with Gasteiger partial charge in [-0.1, -0.05) is 43.2 Å². The summed E-state index contributed by atoms with van der Waals surface area (Å²) in [5.74, 6) is 0.321. The van der Waals surface area contributed by atoms with Crippen LogP contribution < -0.4 is 10.6 Å². The highest BCUT2D eigenvalue weighted by molar-refractivity contribution is 5.56. The standard InChI is InChI=1S/C18H22N2O/c21-18-13-7-6-12-17(18)20-16-11-5-4-10-15(16)19-14-8-2-1-3-9-14/h1-3,6-9,12-13,15-16,19-21H,4-5,10-11H2/t15-,16-/m1/s1. The van der Waals surface area contributed by atoms with Gasteiger partial charge in [-0.2, -0.15) is 0 Å². The molecule has 0 bridgehead atoms. The topological polar surface area (TPSA) is 44.3 Å². The van der Waals surface area contributed by atoms with Gasteiger partial charge in [-0.05, 0) is 37.1 Å². The molecule has 2 atom stereocenters. The summed E-state index contributed by atoms with van der Waals surface area (Å²) >= 11 is 0. The average molecular weight is 282 g/mol. The van der Waals surface area contributed by atoms with Crippen molar-refractivity contribution in [2.75, 3.05) is 10.6 Å². The van der Waals surface area contributed by atoms with Crippen LogP contribution in [0.3, 0.4) is 0 Å². The fourth-order valence-corrected chi connectivity index (χ4v) is 3.02. The van der Waals surface area contributed by atoms with Crippen molar-refractivity contribution in [3.05, 3.63) is 54.6 Å². The third-order valence-corrected chi connectivity index (χ3v) is 4.14. The van der Waals surface area contributed by atoms with E-state index in [1.165, 1.54) is 12.8 Å². The van der Waals surface area contributed by atoms with Crippen molar-refractivity contribution < 1.29 is 5.11 Å². The molecule has 3 nitrogen and oxygen atoms in total. The van der Waals surface area contributed by atoms with Gasteiger partial charge in [0, 0.05) is 17.8 Å². The molecule has 1 aliphatic rings. The van der Waals surface area contributed by atoms with Crippen LogP contribution in [-0.4, -0.2) is 17.2 Å². The van der Waals surface area contributed by atoms with E-state index in [0.717, 1.165) is 24.2 Å². The van der Waals surface area contributed by atoms with Crippen molar-refractivity contribution >= 4 is 11.4 Å². The maximum atomic E-state index is 9.93. The molecule has 0 unspecified atom stereocenters. The zero-order valence-electron chi connectivity index (χ0n) is 12.1. The third kappa shape index (κ3) is 3.48. The zero-order valence-corrected chi connectivity index (χ0v) is 12.1. The van der Waals surface area contributed by atoms with Crippen LogP contribution in [0.25, 0.3) is 0 Å². The second-order valence-corrected chi connectivity index (χ2v) is 5.67. The number of nitrogens with one attached hydrogen (secondary N) is 2. The molecule has 21 heavy (non-hydrogen) atoms. The lowest BCUT2D eigenvalue weighted by molar-refractivity contribution is 0.420. The van der Waals surface area contributed by atoms with Gasteiger partial charge in [0.1, 0.15) is 5.75 Å². The molecule has 0 saturated heterocycles. The van der Waals surface area contributed by atoms with E-state index in [-0.39, 0.29) is 0 Å². The maximum absolute atomic E-state index is 9.93. The Morgan fingerprint density at radius 3 is 2.10 bits per heavy atom. The predicted molar refractivity (Wildman–Crippen MR) is 87.8 cm³/mol. The van der Waals surface area contributed by atoms with E-state index in [2.05, 4.69) is 34.9 Å². The van der Waals surface area contributed by atoms with E-state index < -0.39 is 0 Å². The van der Waals surface area contributed by atoms with Crippen molar-refractivity contribution in [1.29, 1.82) is 0 Å².